The van der Waals surface area contributed by atoms with E-state index in [1.165, 1.54) is 0 Å². The van der Waals surface area contributed by atoms with Gasteiger partial charge < -0.3 is 15.0 Å². The molecule has 0 aliphatic carbocycles. The summed E-state index contributed by atoms with van der Waals surface area (Å²) in [7, 11) is 0. The van der Waals surface area contributed by atoms with Crippen LogP contribution in [0.5, 0.6) is 0 Å². The van der Waals surface area contributed by atoms with E-state index in [4.69, 9.17) is 4.74 Å². The molecule has 0 saturated carbocycles. The summed E-state index contributed by atoms with van der Waals surface area (Å²) >= 11 is 0. The summed E-state index contributed by atoms with van der Waals surface area (Å²) < 4.78 is 4.92. The third-order valence-corrected chi connectivity index (χ3v) is 4.22. The Hall–Kier alpha value is -3.28. The van der Waals surface area contributed by atoms with Gasteiger partial charge in [-0.25, -0.2) is 4.79 Å². The molecule has 6 heteroatoms. The average molecular weight is 335 g/mol. The molecular weight excluding hydrogens is 318 g/mol. The summed E-state index contributed by atoms with van der Waals surface area (Å²) in [4.78, 5) is 28.8. The van der Waals surface area contributed by atoms with E-state index >= 15 is 0 Å². The van der Waals surface area contributed by atoms with E-state index in [1.807, 2.05) is 31.2 Å². The van der Waals surface area contributed by atoms with Crippen LogP contribution in [0.2, 0.25) is 0 Å². The predicted octanol–water partition coefficient (Wildman–Crippen LogP) is 3.69. The van der Waals surface area contributed by atoms with Crippen LogP contribution in [0.1, 0.15) is 16.1 Å². The Balaban J connectivity index is 1.50. The van der Waals surface area contributed by atoms with E-state index in [-0.39, 0.29) is 12.0 Å². The summed E-state index contributed by atoms with van der Waals surface area (Å²) in [5, 5.41) is 3.95. The highest BCUT2D eigenvalue weighted by Gasteiger charge is 2.23. The van der Waals surface area contributed by atoms with Gasteiger partial charge in [0.25, 0.3) is 5.91 Å². The van der Waals surface area contributed by atoms with Crippen molar-refractivity contribution >= 4 is 34.3 Å². The van der Waals surface area contributed by atoms with E-state index in [2.05, 4.69) is 10.3 Å². The van der Waals surface area contributed by atoms with Crippen LogP contribution in [0.15, 0.2) is 48.5 Å². The molecular formula is C19H17N3O3. The number of rotatable bonds is 3. The molecule has 25 heavy (non-hydrogen) atoms. The molecule has 1 aromatic heterocycles. The van der Waals surface area contributed by atoms with E-state index in [0.717, 1.165) is 28.0 Å². The topological polar surface area (TPSA) is 74.4 Å². The van der Waals surface area contributed by atoms with Crippen molar-refractivity contribution in [2.75, 3.05) is 23.4 Å². The monoisotopic (exact) mass is 335 g/mol. The van der Waals surface area contributed by atoms with Crippen LogP contribution in [0.25, 0.3) is 10.9 Å². The van der Waals surface area contributed by atoms with E-state index in [9.17, 15) is 9.59 Å². The molecule has 0 unspecified atom stereocenters. The third kappa shape index (κ3) is 2.94. The highest BCUT2D eigenvalue weighted by atomic mass is 16.6. The smallest absolute Gasteiger partial charge is 0.414 e. The number of nitrogens with one attached hydrogen (secondary N) is 2. The first-order valence-corrected chi connectivity index (χ1v) is 8.05. The lowest BCUT2D eigenvalue weighted by atomic mass is 10.1. The van der Waals surface area contributed by atoms with Crippen LogP contribution < -0.4 is 10.2 Å². The van der Waals surface area contributed by atoms with Crippen LogP contribution in [0, 0.1) is 6.92 Å². The number of fused-ring (bicyclic) bond motifs is 1. The zero-order valence-electron chi connectivity index (χ0n) is 13.7. The number of nitrogens with zero attached hydrogens (tertiary/aromatic N) is 1. The minimum Gasteiger partial charge on any atom is -0.447 e. The van der Waals surface area contributed by atoms with Crippen LogP contribution >= 0.6 is 0 Å². The van der Waals surface area contributed by atoms with Gasteiger partial charge in [0.1, 0.15) is 6.61 Å². The third-order valence-electron chi connectivity index (χ3n) is 4.22. The second-order valence-electron chi connectivity index (χ2n) is 6.02. The van der Waals surface area contributed by atoms with Gasteiger partial charge in [-0.2, -0.15) is 0 Å². The van der Waals surface area contributed by atoms with Crippen molar-refractivity contribution in [2.45, 2.75) is 6.92 Å². The number of carbonyl (C=O) groups excluding carboxylic acids is 2. The molecule has 4 rings (SSSR count). The van der Waals surface area contributed by atoms with E-state index < -0.39 is 0 Å². The maximum Gasteiger partial charge on any atom is 0.414 e. The molecule has 0 radical (unpaired) electrons. The molecule has 0 spiro atoms. The fraction of sp³-hybridized carbons (Fsp3) is 0.158. The van der Waals surface area contributed by atoms with Crippen LogP contribution in [-0.4, -0.2) is 30.1 Å². The van der Waals surface area contributed by atoms with Gasteiger partial charge in [0.15, 0.2) is 0 Å². The Morgan fingerprint density at radius 2 is 1.96 bits per heavy atom. The number of hydrogen-bond donors (Lipinski definition) is 2. The number of aromatic nitrogens is 1. The largest absolute Gasteiger partial charge is 0.447 e. The van der Waals surface area contributed by atoms with Gasteiger partial charge >= 0.3 is 6.09 Å². The van der Waals surface area contributed by atoms with Gasteiger partial charge in [-0.05, 0) is 55.5 Å². The van der Waals surface area contributed by atoms with Gasteiger partial charge in [0.05, 0.1) is 6.54 Å². The highest BCUT2D eigenvalue weighted by molar-refractivity contribution is 6.05. The molecule has 6 nitrogen and oxygen atoms in total. The zero-order valence-corrected chi connectivity index (χ0v) is 13.7. The number of aromatic amines is 1. The minimum atomic E-state index is -0.354. The SMILES string of the molecule is Cc1cc2cc(NC(=O)c3ccc(N4CCOC4=O)cc3)ccc2[nH]1. The molecule has 1 aliphatic rings. The normalized spacial score (nSPS) is 14.0. The molecule has 1 fully saturated rings. The van der Waals surface area contributed by atoms with Crippen molar-refractivity contribution in [2.24, 2.45) is 0 Å². The fourth-order valence-corrected chi connectivity index (χ4v) is 2.98. The molecule has 3 aromatic rings. The van der Waals surface area contributed by atoms with E-state index in [0.29, 0.717) is 18.7 Å². The van der Waals surface area contributed by atoms with Gasteiger partial charge in [0, 0.05) is 33.5 Å². The maximum absolute atomic E-state index is 12.4. The van der Waals surface area contributed by atoms with Gasteiger partial charge in [-0.1, -0.05) is 0 Å². The molecule has 1 aliphatic heterocycles. The maximum atomic E-state index is 12.4. The lowest BCUT2D eigenvalue weighted by Crippen LogP contribution is -2.23. The minimum absolute atomic E-state index is 0.192. The standard InChI is InChI=1S/C19H17N3O3/c1-12-10-14-11-15(4-7-17(14)20-12)21-18(23)13-2-5-16(6-3-13)22-8-9-25-19(22)24/h2-7,10-11,20H,8-9H2,1H3,(H,21,23). The molecule has 2 heterocycles. The Kier molecular flexibility index (Phi) is 3.65. The quantitative estimate of drug-likeness (QED) is 0.766. The Bertz CT molecular complexity index is 960. The van der Waals surface area contributed by atoms with Crippen molar-refractivity contribution in [3.05, 3.63) is 59.8 Å². The number of aryl methyl sites for hydroxylation is 1. The number of amides is 2. The lowest BCUT2D eigenvalue weighted by molar-refractivity contribution is 0.102. The highest BCUT2D eigenvalue weighted by Crippen LogP contribution is 2.22. The number of H-pyrrole nitrogens is 1. The van der Waals surface area contributed by atoms with Crippen molar-refractivity contribution in [3.8, 4) is 0 Å². The van der Waals surface area contributed by atoms with Crippen molar-refractivity contribution < 1.29 is 14.3 Å². The first-order chi connectivity index (χ1) is 12.1. The summed E-state index contributed by atoms with van der Waals surface area (Å²) in [6, 6.07) is 14.7. The molecule has 1 saturated heterocycles. The van der Waals surface area contributed by atoms with E-state index in [1.54, 1.807) is 29.2 Å². The van der Waals surface area contributed by atoms with Crippen LogP contribution in [0.4, 0.5) is 16.2 Å². The number of benzene rings is 2. The molecule has 0 atom stereocenters. The first-order valence-electron chi connectivity index (χ1n) is 8.05. The van der Waals surface area contributed by atoms with Gasteiger partial charge in [-0.3, -0.25) is 9.69 Å². The first kappa shape index (κ1) is 15.3. The van der Waals surface area contributed by atoms with Gasteiger partial charge in [-0.15, -0.1) is 0 Å². The Morgan fingerprint density at radius 3 is 2.68 bits per heavy atom. The average Bonchev–Trinajstić information content (AvgIpc) is 3.19. The zero-order chi connectivity index (χ0) is 17.4. The van der Waals surface area contributed by atoms with Crippen molar-refractivity contribution in [3.63, 3.8) is 0 Å². The summed E-state index contributed by atoms with van der Waals surface area (Å²) in [6.45, 7) is 2.92. The summed E-state index contributed by atoms with van der Waals surface area (Å²) in [6.07, 6.45) is -0.354. The number of cyclic esters (lactones) is 1. The number of anilines is 2. The lowest BCUT2D eigenvalue weighted by Gasteiger charge is -2.13. The molecule has 0 bridgehead atoms. The van der Waals surface area contributed by atoms with Crippen molar-refractivity contribution in [1.29, 1.82) is 0 Å². The summed E-state index contributed by atoms with van der Waals surface area (Å²) in [5.41, 5.74) is 4.11. The second kappa shape index (κ2) is 5.98. The Labute approximate surface area is 144 Å². The molecule has 126 valence electrons. The van der Waals surface area contributed by atoms with Crippen LogP contribution in [-0.2, 0) is 4.74 Å². The molecule has 2 N–H and O–H groups in total. The fourth-order valence-electron chi connectivity index (χ4n) is 2.98. The summed E-state index contributed by atoms with van der Waals surface area (Å²) in [5.74, 6) is -0.192. The van der Waals surface area contributed by atoms with Crippen LogP contribution in [0.3, 0.4) is 0 Å². The number of carbonyl (C=O) groups is 2. The van der Waals surface area contributed by atoms with Gasteiger partial charge in [0.2, 0.25) is 0 Å². The number of hydrogen-bond acceptors (Lipinski definition) is 3. The predicted molar refractivity (Wildman–Crippen MR) is 96.1 cm³/mol. The molecule has 2 aromatic carbocycles. The van der Waals surface area contributed by atoms with Crippen molar-refractivity contribution in [1.82, 2.24) is 4.98 Å². The second-order valence-corrected chi connectivity index (χ2v) is 6.02. The number of ether oxygens (including phenoxy) is 1. The molecule has 2 amide bonds. The Morgan fingerprint density at radius 1 is 1.16 bits per heavy atom.